The van der Waals surface area contributed by atoms with Gasteiger partial charge in [-0.25, -0.2) is 0 Å². The largest absolute Gasteiger partial charge is 0.332 e. The molecule has 0 bridgehead atoms. The van der Waals surface area contributed by atoms with Crippen LogP contribution in [0.2, 0.25) is 0 Å². The summed E-state index contributed by atoms with van der Waals surface area (Å²) in [7, 11) is 0. The molecule has 0 heterocycles. The van der Waals surface area contributed by atoms with Gasteiger partial charge in [0.25, 0.3) is 0 Å². The summed E-state index contributed by atoms with van der Waals surface area (Å²) >= 11 is 8.45. The maximum absolute atomic E-state index is 11.5. The van der Waals surface area contributed by atoms with Gasteiger partial charge in [0.1, 0.15) is 0 Å². The number of nitrogens with one attached hydrogen (secondary N) is 2. The minimum absolute atomic E-state index is 0.0315. The summed E-state index contributed by atoms with van der Waals surface area (Å²) in [5, 5.41) is 5.99. The van der Waals surface area contributed by atoms with E-state index in [0.29, 0.717) is 11.5 Å². The quantitative estimate of drug-likeness (QED) is 0.637. The first-order valence-electron chi connectivity index (χ1n) is 5.98. The second-order valence-corrected chi connectivity index (χ2v) is 5.29. The highest BCUT2D eigenvalue weighted by Crippen LogP contribution is 2.15. The molecule has 0 spiro atoms. The molecule has 1 aromatic rings. The van der Waals surface area contributed by atoms with Crippen LogP contribution in [-0.4, -0.2) is 11.0 Å². The fourth-order valence-electron chi connectivity index (χ4n) is 1.45. The number of anilines is 1. The fourth-order valence-corrected chi connectivity index (χ4v) is 2.08. The topological polar surface area (TPSA) is 41.1 Å². The van der Waals surface area contributed by atoms with Gasteiger partial charge in [-0.05, 0) is 36.8 Å². The Balaban J connectivity index is 2.35. The van der Waals surface area contributed by atoms with Gasteiger partial charge in [0, 0.05) is 16.6 Å². The lowest BCUT2D eigenvalue weighted by atomic mass is 10.2. The predicted octanol–water partition coefficient (Wildman–Crippen LogP) is 3.84. The minimum Gasteiger partial charge on any atom is -0.332 e. The monoisotopic (exact) mass is 328 g/mol. The number of benzene rings is 1. The van der Waals surface area contributed by atoms with Crippen LogP contribution >= 0.6 is 28.1 Å². The molecule has 18 heavy (non-hydrogen) atoms. The Morgan fingerprint density at radius 2 is 2.17 bits per heavy atom. The number of unbranched alkanes of at least 4 members (excludes halogenated alkanes) is 2. The number of hydrogen-bond acceptors (Lipinski definition) is 2. The Morgan fingerprint density at radius 1 is 1.39 bits per heavy atom. The van der Waals surface area contributed by atoms with Crippen LogP contribution in [0, 0.1) is 0 Å². The van der Waals surface area contributed by atoms with Gasteiger partial charge >= 0.3 is 0 Å². The predicted molar refractivity (Wildman–Crippen MR) is 82.6 cm³/mol. The molecule has 0 atom stereocenters. The molecule has 0 aliphatic carbocycles. The van der Waals surface area contributed by atoms with Crippen LogP contribution in [0.25, 0.3) is 0 Å². The highest BCUT2D eigenvalue weighted by Gasteiger charge is 2.04. The lowest BCUT2D eigenvalue weighted by Crippen LogP contribution is -2.33. The molecule has 0 fully saturated rings. The summed E-state index contributed by atoms with van der Waals surface area (Å²) in [4.78, 5) is 11.5. The number of amides is 1. The van der Waals surface area contributed by atoms with Crippen LogP contribution in [-0.2, 0) is 4.79 Å². The molecule has 1 amide bonds. The van der Waals surface area contributed by atoms with Gasteiger partial charge in [0.2, 0.25) is 5.91 Å². The maximum Gasteiger partial charge on any atom is 0.226 e. The SMILES string of the molecule is CCCCCC(=O)NC(=S)Nc1cccc(Br)c1. The van der Waals surface area contributed by atoms with Crippen molar-refractivity contribution in [1.29, 1.82) is 0 Å². The fraction of sp³-hybridized carbons (Fsp3) is 0.385. The van der Waals surface area contributed by atoms with Crippen molar-refractivity contribution in [2.75, 3.05) is 5.32 Å². The molecule has 3 nitrogen and oxygen atoms in total. The van der Waals surface area contributed by atoms with Gasteiger partial charge in [-0.15, -0.1) is 0 Å². The molecule has 0 unspecified atom stereocenters. The van der Waals surface area contributed by atoms with Crippen LogP contribution in [0.15, 0.2) is 28.7 Å². The standard InChI is InChI=1S/C13H17BrN2OS/c1-2-3-4-8-12(17)16-13(18)15-11-7-5-6-10(14)9-11/h5-7,9H,2-4,8H2,1H3,(H2,15,16,17,18). The van der Waals surface area contributed by atoms with Crippen molar-refractivity contribution >= 4 is 44.9 Å². The highest BCUT2D eigenvalue weighted by atomic mass is 79.9. The summed E-state index contributed by atoms with van der Waals surface area (Å²) in [6, 6.07) is 7.62. The lowest BCUT2D eigenvalue weighted by Gasteiger charge is -2.09. The number of hydrogen-bond donors (Lipinski definition) is 2. The molecule has 0 aromatic heterocycles. The molecule has 0 aliphatic rings. The van der Waals surface area contributed by atoms with Crippen molar-refractivity contribution < 1.29 is 4.79 Å². The van der Waals surface area contributed by atoms with Gasteiger partial charge < -0.3 is 10.6 Å². The first-order chi connectivity index (χ1) is 8.61. The molecule has 98 valence electrons. The second-order valence-electron chi connectivity index (χ2n) is 3.97. The number of carbonyl (C=O) groups is 1. The molecular formula is C13H17BrN2OS. The minimum atomic E-state index is -0.0315. The average molecular weight is 329 g/mol. The molecule has 1 aromatic carbocycles. The molecule has 0 radical (unpaired) electrons. The summed E-state index contributed by atoms with van der Waals surface area (Å²) in [5.74, 6) is -0.0315. The number of rotatable bonds is 5. The van der Waals surface area contributed by atoms with Gasteiger partial charge in [-0.1, -0.05) is 41.8 Å². The van der Waals surface area contributed by atoms with E-state index in [1.807, 2.05) is 24.3 Å². The Morgan fingerprint density at radius 3 is 2.83 bits per heavy atom. The summed E-state index contributed by atoms with van der Waals surface area (Å²) in [6.45, 7) is 2.11. The Kier molecular flexibility index (Phi) is 6.90. The Labute approximate surface area is 121 Å². The van der Waals surface area contributed by atoms with Gasteiger partial charge in [-0.2, -0.15) is 0 Å². The van der Waals surface area contributed by atoms with E-state index in [0.717, 1.165) is 29.4 Å². The third-order valence-corrected chi connectivity index (χ3v) is 3.04. The zero-order chi connectivity index (χ0) is 13.4. The second kappa shape index (κ2) is 8.21. The first-order valence-corrected chi connectivity index (χ1v) is 7.18. The normalized spacial score (nSPS) is 9.89. The maximum atomic E-state index is 11.5. The molecule has 0 aliphatic heterocycles. The van der Waals surface area contributed by atoms with E-state index < -0.39 is 0 Å². The zero-order valence-corrected chi connectivity index (χ0v) is 12.7. The van der Waals surface area contributed by atoms with Crippen LogP contribution in [0.5, 0.6) is 0 Å². The molecule has 1 rings (SSSR count). The van der Waals surface area contributed by atoms with Crippen molar-refractivity contribution in [2.45, 2.75) is 32.6 Å². The van der Waals surface area contributed by atoms with Gasteiger partial charge in [-0.3, -0.25) is 4.79 Å². The van der Waals surface area contributed by atoms with E-state index in [1.54, 1.807) is 0 Å². The molecule has 2 N–H and O–H groups in total. The first kappa shape index (κ1) is 15.1. The summed E-state index contributed by atoms with van der Waals surface area (Å²) < 4.78 is 0.963. The van der Waals surface area contributed by atoms with Crippen molar-refractivity contribution in [3.63, 3.8) is 0 Å². The highest BCUT2D eigenvalue weighted by molar-refractivity contribution is 9.10. The third-order valence-electron chi connectivity index (χ3n) is 2.34. The van der Waals surface area contributed by atoms with E-state index in [-0.39, 0.29) is 5.91 Å². The van der Waals surface area contributed by atoms with Crippen LogP contribution in [0.3, 0.4) is 0 Å². The van der Waals surface area contributed by atoms with E-state index in [1.165, 1.54) is 0 Å². The molecule has 5 heteroatoms. The van der Waals surface area contributed by atoms with E-state index in [9.17, 15) is 4.79 Å². The van der Waals surface area contributed by atoms with Crippen molar-refractivity contribution in [3.05, 3.63) is 28.7 Å². The van der Waals surface area contributed by atoms with Crippen molar-refractivity contribution in [3.8, 4) is 0 Å². The van der Waals surface area contributed by atoms with E-state index in [4.69, 9.17) is 12.2 Å². The van der Waals surface area contributed by atoms with Gasteiger partial charge in [0.05, 0.1) is 0 Å². The van der Waals surface area contributed by atoms with Gasteiger partial charge in [0.15, 0.2) is 5.11 Å². The number of thiocarbonyl (C=S) groups is 1. The lowest BCUT2D eigenvalue weighted by molar-refractivity contribution is -0.119. The Bertz CT molecular complexity index is 423. The average Bonchev–Trinajstić information content (AvgIpc) is 2.29. The van der Waals surface area contributed by atoms with E-state index in [2.05, 4.69) is 33.5 Å². The zero-order valence-electron chi connectivity index (χ0n) is 10.3. The van der Waals surface area contributed by atoms with Crippen molar-refractivity contribution in [2.24, 2.45) is 0 Å². The molecule has 0 saturated carbocycles. The van der Waals surface area contributed by atoms with Crippen LogP contribution in [0.4, 0.5) is 5.69 Å². The van der Waals surface area contributed by atoms with E-state index >= 15 is 0 Å². The molecular weight excluding hydrogens is 312 g/mol. The summed E-state index contributed by atoms with van der Waals surface area (Å²) in [5.41, 5.74) is 0.850. The van der Waals surface area contributed by atoms with Crippen molar-refractivity contribution in [1.82, 2.24) is 5.32 Å². The smallest absolute Gasteiger partial charge is 0.226 e. The number of halogens is 1. The Hall–Kier alpha value is -0.940. The number of carbonyl (C=O) groups excluding carboxylic acids is 1. The van der Waals surface area contributed by atoms with Crippen LogP contribution < -0.4 is 10.6 Å². The summed E-state index contributed by atoms with van der Waals surface area (Å²) in [6.07, 6.45) is 3.60. The molecule has 0 saturated heterocycles. The van der Waals surface area contributed by atoms with Crippen LogP contribution in [0.1, 0.15) is 32.6 Å². The third kappa shape index (κ3) is 6.12.